The minimum Gasteiger partial charge on any atom is -0.463 e. The number of primary sulfonamides is 1. The molecule has 174 valence electrons. The van der Waals surface area contributed by atoms with Crippen LogP contribution in [0.2, 0.25) is 0 Å². The van der Waals surface area contributed by atoms with Gasteiger partial charge in [0.1, 0.15) is 5.69 Å². The number of carbonyl (C=O) groups excluding carboxylic acids is 2. The van der Waals surface area contributed by atoms with Crippen molar-refractivity contribution < 1.29 is 27.2 Å². The molecule has 1 amide bonds. The van der Waals surface area contributed by atoms with Crippen LogP contribution in [0.4, 0.5) is 0 Å². The van der Waals surface area contributed by atoms with Crippen molar-refractivity contribution in [3.05, 3.63) is 84.1 Å². The Morgan fingerprint density at radius 2 is 1.79 bits per heavy atom. The topological polar surface area (TPSA) is 142 Å². The molecule has 0 saturated carbocycles. The first-order valence-corrected chi connectivity index (χ1v) is 11.8. The lowest BCUT2D eigenvalue weighted by Crippen LogP contribution is -2.30. The Kier molecular flexibility index (Phi) is 6.71. The van der Waals surface area contributed by atoms with Gasteiger partial charge in [-0.1, -0.05) is 30.3 Å². The second-order valence-corrected chi connectivity index (χ2v) is 8.98. The molecule has 2 heterocycles. The fourth-order valence-corrected chi connectivity index (χ4v) is 3.86. The summed E-state index contributed by atoms with van der Waals surface area (Å²) < 4.78 is 33.2. The number of furan rings is 1. The van der Waals surface area contributed by atoms with Gasteiger partial charge in [-0.15, -0.1) is 0 Å². The summed E-state index contributed by atoms with van der Waals surface area (Å²) in [5.74, 6) is -0.603. The minimum absolute atomic E-state index is 0.0195. The number of para-hydroxylation sites is 1. The number of ether oxygens (including phenoxy) is 1. The molecule has 0 unspecified atom stereocenters. The Morgan fingerprint density at radius 3 is 2.50 bits per heavy atom. The third-order valence-electron chi connectivity index (χ3n) is 5.03. The molecule has 0 aliphatic rings. The highest BCUT2D eigenvalue weighted by Gasteiger charge is 2.17. The number of fused-ring (bicyclic) bond motifs is 1. The third kappa shape index (κ3) is 5.48. The molecule has 4 rings (SSSR count). The molecule has 0 bridgehead atoms. The highest BCUT2D eigenvalue weighted by Crippen LogP contribution is 2.25. The van der Waals surface area contributed by atoms with E-state index >= 15 is 0 Å². The summed E-state index contributed by atoms with van der Waals surface area (Å²) >= 11 is 0. The van der Waals surface area contributed by atoms with E-state index in [0.29, 0.717) is 28.8 Å². The Hall–Kier alpha value is -4.02. The number of carbonyl (C=O) groups is 2. The van der Waals surface area contributed by atoms with Gasteiger partial charge in [0, 0.05) is 11.9 Å². The summed E-state index contributed by atoms with van der Waals surface area (Å²) in [6.07, 6.45) is 1.98. The number of nitrogens with one attached hydrogen (secondary N) is 1. The normalized spacial score (nSPS) is 11.3. The van der Waals surface area contributed by atoms with E-state index in [-0.39, 0.29) is 17.0 Å². The first kappa shape index (κ1) is 23.1. The van der Waals surface area contributed by atoms with E-state index in [2.05, 4.69) is 10.3 Å². The van der Waals surface area contributed by atoms with E-state index in [1.165, 1.54) is 18.4 Å². The highest BCUT2D eigenvalue weighted by atomic mass is 32.2. The summed E-state index contributed by atoms with van der Waals surface area (Å²) in [7, 11) is -3.75. The number of pyridine rings is 1. The number of nitrogens with zero attached hydrogens (tertiary/aromatic N) is 1. The van der Waals surface area contributed by atoms with Crippen molar-refractivity contribution in [1.29, 1.82) is 0 Å². The second kappa shape index (κ2) is 9.86. The number of rotatable bonds is 8. The molecule has 0 saturated heterocycles. The van der Waals surface area contributed by atoms with Crippen molar-refractivity contribution in [2.24, 2.45) is 5.14 Å². The molecule has 2 aromatic carbocycles. The fourth-order valence-electron chi connectivity index (χ4n) is 3.35. The number of nitrogens with two attached hydrogens (primary N) is 1. The van der Waals surface area contributed by atoms with E-state index < -0.39 is 28.5 Å². The molecular weight excluding hydrogens is 458 g/mol. The average molecular weight is 480 g/mol. The molecule has 3 N–H and O–H groups in total. The number of benzene rings is 2. The number of hydrogen-bond donors (Lipinski definition) is 2. The number of esters is 1. The predicted molar refractivity (Wildman–Crippen MR) is 124 cm³/mol. The van der Waals surface area contributed by atoms with E-state index in [9.17, 15) is 18.0 Å². The zero-order valence-corrected chi connectivity index (χ0v) is 18.7. The zero-order chi connectivity index (χ0) is 24.1. The van der Waals surface area contributed by atoms with Crippen LogP contribution in [-0.4, -0.2) is 38.4 Å². The van der Waals surface area contributed by atoms with Gasteiger partial charge < -0.3 is 14.5 Å². The van der Waals surface area contributed by atoms with Crippen molar-refractivity contribution >= 4 is 32.8 Å². The summed E-state index contributed by atoms with van der Waals surface area (Å²) in [6.45, 7) is -0.165. The molecule has 0 aliphatic carbocycles. The largest absolute Gasteiger partial charge is 0.463 e. The fraction of sp³-hybridized carbons (Fsp3) is 0.125. The Balaban J connectivity index is 1.36. The molecule has 34 heavy (non-hydrogen) atoms. The third-order valence-corrected chi connectivity index (χ3v) is 5.96. The maximum Gasteiger partial charge on any atom is 0.339 e. The lowest BCUT2D eigenvalue weighted by molar-refractivity contribution is -0.124. The van der Waals surface area contributed by atoms with Crippen LogP contribution >= 0.6 is 0 Å². The molecule has 10 heteroatoms. The van der Waals surface area contributed by atoms with Crippen LogP contribution in [0.3, 0.4) is 0 Å². The van der Waals surface area contributed by atoms with Gasteiger partial charge in [-0.25, -0.2) is 23.3 Å². The molecular formula is C24H21N3O6S. The summed E-state index contributed by atoms with van der Waals surface area (Å²) in [5.41, 5.74) is 2.17. The first-order chi connectivity index (χ1) is 16.3. The molecule has 9 nitrogen and oxygen atoms in total. The van der Waals surface area contributed by atoms with Crippen molar-refractivity contribution in [2.45, 2.75) is 11.3 Å². The first-order valence-electron chi connectivity index (χ1n) is 10.3. The standard InChI is InChI=1S/C24H21N3O6S/c25-34(30,31)17-9-7-16(8-10-17)11-12-26-23(28)15-33-24(29)19-14-21(22-6-3-13-32-22)27-20-5-2-1-4-18(19)20/h1-10,13-14H,11-12,15H2,(H,26,28)(H2,25,30,31). The quantitative estimate of drug-likeness (QED) is 0.370. The molecule has 0 atom stereocenters. The van der Waals surface area contributed by atoms with Gasteiger partial charge in [0.2, 0.25) is 10.0 Å². The van der Waals surface area contributed by atoms with Crippen molar-refractivity contribution in [2.75, 3.05) is 13.2 Å². The van der Waals surface area contributed by atoms with Crippen LogP contribution in [0.15, 0.2) is 82.3 Å². The number of aromatic nitrogens is 1. The van der Waals surface area contributed by atoms with E-state index in [0.717, 1.165) is 5.56 Å². The van der Waals surface area contributed by atoms with Gasteiger partial charge in [-0.3, -0.25) is 4.79 Å². The minimum atomic E-state index is -3.75. The maximum atomic E-state index is 12.8. The van der Waals surface area contributed by atoms with E-state index in [4.69, 9.17) is 14.3 Å². The lowest BCUT2D eigenvalue weighted by atomic mass is 10.1. The maximum absolute atomic E-state index is 12.8. The molecule has 2 aromatic heterocycles. The Bertz CT molecular complexity index is 1430. The van der Waals surface area contributed by atoms with Gasteiger partial charge in [0.05, 0.1) is 22.2 Å². The summed E-state index contributed by atoms with van der Waals surface area (Å²) in [4.78, 5) is 29.5. The molecule has 0 radical (unpaired) electrons. The van der Waals surface area contributed by atoms with Crippen molar-refractivity contribution in [1.82, 2.24) is 10.3 Å². The molecule has 0 spiro atoms. The van der Waals surface area contributed by atoms with Crippen LogP contribution in [-0.2, 0) is 26.0 Å². The summed E-state index contributed by atoms with van der Waals surface area (Å²) in [6, 6.07) is 18.2. The van der Waals surface area contributed by atoms with E-state index in [1.807, 2.05) is 6.07 Å². The monoisotopic (exact) mass is 479 g/mol. The van der Waals surface area contributed by atoms with Crippen LogP contribution < -0.4 is 10.5 Å². The van der Waals surface area contributed by atoms with Crippen LogP contribution in [0.25, 0.3) is 22.4 Å². The lowest BCUT2D eigenvalue weighted by Gasteiger charge is -2.10. The highest BCUT2D eigenvalue weighted by molar-refractivity contribution is 7.89. The smallest absolute Gasteiger partial charge is 0.339 e. The van der Waals surface area contributed by atoms with Gasteiger partial charge in [-0.2, -0.15) is 0 Å². The van der Waals surface area contributed by atoms with Gasteiger partial charge in [-0.05, 0) is 48.4 Å². The zero-order valence-electron chi connectivity index (χ0n) is 17.9. The number of amides is 1. The van der Waals surface area contributed by atoms with Gasteiger partial charge in [0.25, 0.3) is 5.91 Å². The van der Waals surface area contributed by atoms with Crippen molar-refractivity contribution in [3.63, 3.8) is 0 Å². The summed E-state index contributed by atoms with van der Waals surface area (Å²) in [5, 5.41) is 8.35. The van der Waals surface area contributed by atoms with Gasteiger partial charge >= 0.3 is 5.97 Å². The van der Waals surface area contributed by atoms with Crippen LogP contribution in [0.1, 0.15) is 15.9 Å². The van der Waals surface area contributed by atoms with E-state index in [1.54, 1.807) is 48.5 Å². The SMILES string of the molecule is NS(=O)(=O)c1ccc(CCNC(=O)COC(=O)c2cc(-c3ccco3)nc3ccccc23)cc1. The molecule has 4 aromatic rings. The average Bonchev–Trinajstić information content (AvgIpc) is 3.37. The van der Waals surface area contributed by atoms with Crippen LogP contribution in [0, 0.1) is 0 Å². The molecule has 0 aliphatic heterocycles. The van der Waals surface area contributed by atoms with Crippen molar-refractivity contribution in [3.8, 4) is 11.5 Å². The van der Waals surface area contributed by atoms with Gasteiger partial charge in [0.15, 0.2) is 12.4 Å². The number of hydrogen-bond acceptors (Lipinski definition) is 7. The predicted octanol–water partition coefficient (Wildman–Crippen LogP) is 2.66. The number of sulfonamides is 1. The Labute approximate surface area is 195 Å². The Morgan fingerprint density at radius 1 is 1.03 bits per heavy atom. The molecule has 0 fully saturated rings. The van der Waals surface area contributed by atoms with Crippen LogP contribution in [0.5, 0.6) is 0 Å². The second-order valence-electron chi connectivity index (χ2n) is 7.41.